The lowest BCUT2D eigenvalue weighted by atomic mass is 10.0. The number of hydrogen-bond acceptors (Lipinski definition) is 3. The summed E-state index contributed by atoms with van der Waals surface area (Å²) in [6.07, 6.45) is 4.82. The molecule has 0 amide bonds. The van der Waals surface area contributed by atoms with E-state index in [1.807, 2.05) is 18.2 Å². The highest BCUT2D eigenvalue weighted by molar-refractivity contribution is 5.83. The number of nitrogens with zero attached hydrogens (tertiary/aromatic N) is 1. The molecular weight excluding hydrogens is 238 g/mol. The molecule has 3 rings (SSSR count). The van der Waals surface area contributed by atoms with E-state index in [0.29, 0.717) is 11.8 Å². The fraction of sp³-hybridized carbons (Fsp3) is 0.375. The number of benzene rings is 1. The number of aromatic hydroxyl groups is 1. The second-order valence-electron chi connectivity index (χ2n) is 5.30. The molecule has 3 heteroatoms. The summed E-state index contributed by atoms with van der Waals surface area (Å²) in [6, 6.07) is 5.79. The van der Waals surface area contributed by atoms with Gasteiger partial charge < -0.3 is 14.4 Å². The monoisotopic (exact) mass is 257 g/mol. The van der Waals surface area contributed by atoms with Crippen LogP contribution in [0.5, 0.6) is 5.75 Å². The third kappa shape index (κ3) is 2.15. The van der Waals surface area contributed by atoms with Crippen molar-refractivity contribution in [2.24, 2.45) is 0 Å². The first-order valence-corrected chi connectivity index (χ1v) is 6.73. The highest BCUT2D eigenvalue weighted by Gasteiger charge is 2.24. The fourth-order valence-electron chi connectivity index (χ4n) is 2.92. The maximum atomic E-state index is 9.64. The first-order valence-electron chi connectivity index (χ1n) is 6.73. The molecule has 0 radical (unpaired) electrons. The molecule has 1 aromatic heterocycles. The van der Waals surface area contributed by atoms with E-state index in [9.17, 15) is 5.11 Å². The second kappa shape index (κ2) is 4.74. The lowest BCUT2D eigenvalue weighted by Gasteiger charge is -2.24. The van der Waals surface area contributed by atoms with E-state index >= 15 is 0 Å². The quantitative estimate of drug-likeness (QED) is 0.840. The zero-order valence-corrected chi connectivity index (χ0v) is 11.2. The Kier molecular flexibility index (Phi) is 3.07. The number of phenolic OH excluding ortho intramolecular Hbond substituents is 1. The zero-order chi connectivity index (χ0) is 13.4. The third-order valence-electron chi connectivity index (χ3n) is 4.06. The van der Waals surface area contributed by atoms with Gasteiger partial charge in [0.15, 0.2) is 0 Å². The largest absolute Gasteiger partial charge is 0.508 e. The summed E-state index contributed by atoms with van der Waals surface area (Å²) in [5.41, 5.74) is 2.13. The summed E-state index contributed by atoms with van der Waals surface area (Å²) >= 11 is 0. The molecule has 1 N–H and O–H groups in total. The first-order chi connectivity index (χ1) is 9.19. The summed E-state index contributed by atoms with van der Waals surface area (Å²) < 4.78 is 5.98. The minimum absolute atomic E-state index is 0.302. The molecule has 1 unspecified atom stereocenters. The van der Waals surface area contributed by atoms with Crippen molar-refractivity contribution < 1.29 is 9.52 Å². The van der Waals surface area contributed by atoms with Crippen LogP contribution in [0.3, 0.4) is 0 Å². The van der Waals surface area contributed by atoms with Crippen LogP contribution in [0.25, 0.3) is 11.0 Å². The van der Waals surface area contributed by atoms with Crippen molar-refractivity contribution in [3.05, 3.63) is 42.2 Å². The molecule has 1 aliphatic rings. The van der Waals surface area contributed by atoms with Crippen LogP contribution in [-0.2, 0) is 12.8 Å². The molecule has 0 spiro atoms. The summed E-state index contributed by atoms with van der Waals surface area (Å²) in [5, 5.41) is 10.7. The minimum Gasteiger partial charge on any atom is -0.508 e. The average Bonchev–Trinajstić information content (AvgIpc) is 2.64. The van der Waals surface area contributed by atoms with E-state index in [2.05, 4.69) is 18.5 Å². The van der Waals surface area contributed by atoms with E-state index in [0.717, 1.165) is 42.5 Å². The molecule has 0 aliphatic carbocycles. The molecule has 3 nitrogen and oxygen atoms in total. The van der Waals surface area contributed by atoms with Crippen molar-refractivity contribution in [2.75, 3.05) is 13.6 Å². The predicted octanol–water partition coefficient (Wildman–Crippen LogP) is 3.11. The van der Waals surface area contributed by atoms with Crippen molar-refractivity contribution in [1.29, 1.82) is 0 Å². The lowest BCUT2D eigenvalue weighted by Crippen LogP contribution is -2.32. The molecule has 1 aromatic carbocycles. The molecule has 100 valence electrons. The number of fused-ring (bicyclic) bond motifs is 3. The van der Waals surface area contributed by atoms with Crippen LogP contribution in [0.4, 0.5) is 0 Å². The smallest absolute Gasteiger partial charge is 0.134 e. The summed E-state index contributed by atoms with van der Waals surface area (Å²) in [5.74, 6) is 1.37. The van der Waals surface area contributed by atoms with Crippen LogP contribution in [-0.4, -0.2) is 29.6 Å². The van der Waals surface area contributed by atoms with Crippen molar-refractivity contribution in [2.45, 2.75) is 25.3 Å². The molecule has 0 fully saturated rings. The number of likely N-dealkylation sites (N-methyl/N-ethyl adjacent to an activating group) is 1. The minimum atomic E-state index is 0.302. The normalized spacial score (nSPS) is 20.2. The van der Waals surface area contributed by atoms with Gasteiger partial charge in [-0.15, -0.1) is 6.58 Å². The van der Waals surface area contributed by atoms with Crippen LogP contribution in [0, 0.1) is 0 Å². The fourth-order valence-corrected chi connectivity index (χ4v) is 2.92. The standard InChI is InChI=1S/C16H19NO2/c1-3-4-11-9-16-13(7-8-17(11)2)14-10-12(18)5-6-15(14)19-16/h3,5-6,10-11,18H,1,4,7-9H2,2H3. The Hall–Kier alpha value is -1.74. The number of phenols is 1. The Labute approximate surface area is 113 Å². The SMILES string of the molecule is C=CCC1Cc2oc3ccc(O)cc3c2CCN1C. The molecule has 2 aromatic rings. The van der Waals surface area contributed by atoms with E-state index in [-0.39, 0.29) is 0 Å². The number of furan rings is 1. The molecule has 1 atom stereocenters. The Morgan fingerprint density at radius 1 is 1.53 bits per heavy atom. The van der Waals surface area contributed by atoms with Gasteiger partial charge in [-0.05, 0) is 38.1 Å². The average molecular weight is 257 g/mol. The maximum absolute atomic E-state index is 9.64. The van der Waals surface area contributed by atoms with E-state index in [4.69, 9.17) is 4.42 Å². The van der Waals surface area contributed by atoms with Gasteiger partial charge in [0.1, 0.15) is 17.1 Å². The van der Waals surface area contributed by atoms with Gasteiger partial charge in [0, 0.05) is 30.0 Å². The Morgan fingerprint density at radius 2 is 2.37 bits per heavy atom. The first kappa shape index (κ1) is 12.3. The molecule has 2 heterocycles. The summed E-state index contributed by atoms with van der Waals surface area (Å²) in [7, 11) is 2.15. The van der Waals surface area contributed by atoms with E-state index in [1.54, 1.807) is 6.07 Å². The van der Waals surface area contributed by atoms with E-state index < -0.39 is 0 Å². The van der Waals surface area contributed by atoms with Crippen LogP contribution in [0.2, 0.25) is 0 Å². The summed E-state index contributed by atoms with van der Waals surface area (Å²) in [4.78, 5) is 2.37. The highest BCUT2D eigenvalue weighted by atomic mass is 16.3. The van der Waals surface area contributed by atoms with Gasteiger partial charge in [-0.25, -0.2) is 0 Å². The lowest BCUT2D eigenvalue weighted by molar-refractivity contribution is 0.246. The van der Waals surface area contributed by atoms with Crippen LogP contribution < -0.4 is 0 Å². The van der Waals surface area contributed by atoms with Gasteiger partial charge in [-0.1, -0.05) is 6.08 Å². The number of rotatable bonds is 2. The maximum Gasteiger partial charge on any atom is 0.134 e. The zero-order valence-electron chi connectivity index (χ0n) is 11.2. The van der Waals surface area contributed by atoms with Crippen molar-refractivity contribution in [1.82, 2.24) is 4.90 Å². The molecule has 19 heavy (non-hydrogen) atoms. The van der Waals surface area contributed by atoms with Gasteiger partial charge in [-0.3, -0.25) is 0 Å². The Bertz CT molecular complexity index is 614. The van der Waals surface area contributed by atoms with Crippen LogP contribution in [0.1, 0.15) is 17.7 Å². The van der Waals surface area contributed by atoms with Crippen molar-refractivity contribution >= 4 is 11.0 Å². The summed E-state index contributed by atoms with van der Waals surface area (Å²) in [6.45, 7) is 4.85. The molecule has 1 aliphatic heterocycles. The van der Waals surface area contributed by atoms with Gasteiger partial charge in [0.25, 0.3) is 0 Å². The predicted molar refractivity (Wildman–Crippen MR) is 76.5 cm³/mol. The highest BCUT2D eigenvalue weighted by Crippen LogP contribution is 2.32. The van der Waals surface area contributed by atoms with Gasteiger partial charge >= 0.3 is 0 Å². The van der Waals surface area contributed by atoms with Gasteiger partial charge in [0.2, 0.25) is 0 Å². The number of hydrogen-bond donors (Lipinski definition) is 1. The topological polar surface area (TPSA) is 36.6 Å². The third-order valence-corrected chi connectivity index (χ3v) is 4.06. The molecule has 0 saturated heterocycles. The Morgan fingerprint density at radius 3 is 3.16 bits per heavy atom. The Balaban J connectivity index is 2.05. The van der Waals surface area contributed by atoms with Gasteiger partial charge in [0.05, 0.1) is 0 Å². The van der Waals surface area contributed by atoms with E-state index in [1.165, 1.54) is 5.56 Å². The van der Waals surface area contributed by atoms with Crippen LogP contribution in [0.15, 0.2) is 35.3 Å². The molecule has 0 saturated carbocycles. The van der Waals surface area contributed by atoms with Crippen molar-refractivity contribution in [3.63, 3.8) is 0 Å². The molecular formula is C16H19NO2. The van der Waals surface area contributed by atoms with Crippen molar-refractivity contribution in [3.8, 4) is 5.75 Å². The molecule has 0 bridgehead atoms. The van der Waals surface area contributed by atoms with Gasteiger partial charge in [-0.2, -0.15) is 0 Å². The second-order valence-corrected chi connectivity index (χ2v) is 5.30. The van der Waals surface area contributed by atoms with Crippen LogP contribution >= 0.6 is 0 Å².